The number of ether oxygens (including phenoxy) is 1. The van der Waals surface area contributed by atoms with Gasteiger partial charge in [-0.3, -0.25) is 0 Å². The number of hydrogen-bond donors (Lipinski definition) is 1. The maximum atomic E-state index is 14.1. The molecule has 0 spiro atoms. The Morgan fingerprint density at radius 1 is 0.690 bits per heavy atom. The minimum Gasteiger partial charge on any atom is -0.488 e. The Morgan fingerprint density at radius 2 is 1.31 bits per heavy atom. The number of halogens is 1. The molecule has 0 aromatic heterocycles. The normalized spacial score (nSPS) is 12.1. The van der Waals surface area contributed by atoms with Crippen LogP contribution in [0.1, 0.15) is 64.4 Å². The Labute approximate surface area is 251 Å². The zero-order chi connectivity index (χ0) is 29.1. The van der Waals surface area contributed by atoms with E-state index in [1.54, 1.807) is 0 Å². The van der Waals surface area contributed by atoms with Crippen molar-refractivity contribution in [2.75, 3.05) is 0 Å². The van der Waals surface area contributed by atoms with Gasteiger partial charge < -0.3 is 9.84 Å². The number of hydrogen-bond acceptors (Lipinski definition) is 2. The van der Waals surface area contributed by atoms with E-state index in [0.29, 0.717) is 20.8 Å². The predicted molar refractivity (Wildman–Crippen MR) is 174 cm³/mol. The van der Waals surface area contributed by atoms with Gasteiger partial charge in [-0.1, -0.05) is 131 Å². The molecule has 2 atom stereocenters. The van der Waals surface area contributed by atoms with E-state index in [0.717, 1.165) is 42.3 Å². The zero-order valence-corrected chi connectivity index (χ0v) is 25.1. The molecule has 0 aliphatic rings. The minimum atomic E-state index is -0.318. The van der Waals surface area contributed by atoms with Gasteiger partial charge in [-0.05, 0) is 63.7 Å². The SMILES string of the molecule is CCCC(Pc1ccc(F)cc1CO)c1cc(Cc2ccccc2)cc(Cc2ccccc2)c1OCc1ccccc1. The van der Waals surface area contributed by atoms with Gasteiger partial charge in [0, 0.05) is 17.6 Å². The number of benzene rings is 5. The van der Waals surface area contributed by atoms with E-state index < -0.39 is 0 Å². The van der Waals surface area contributed by atoms with Crippen LogP contribution < -0.4 is 10.0 Å². The van der Waals surface area contributed by atoms with Gasteiger partial charge in [-0.25, -0.2) is 4.39 Å². The summed E-state index contributed by atoms with van der Waals surface area (Å²) in [5.41, 5.74) is 8.07. The molecule has 2 unspecified atom stereocenters. The summed E-state index contributed by atoms with van der Waals surface area (Å²) in [5.74, 6) is 0.625. The summed E-state index contributed by atoms with van der Waals surface area (Å²) < 4.78 is 20.8. The zero-order valence-electron chi connectivity index (χ0n) is 24.1. The van der Waals surface area contributed by atoms with Crippen molar-refractivity contribution < 1.29 is 14.2 Å². The maximum Gasteiger partial charge on any atom is 0.127 e. The molecule has 4 heteroatoms. The molecule has 0 radical (unpaired) electrons. The summed E-state index contributed by atoms with van der Waals surface area (Å²) in [6, 6.07) is 40.9. The Hall–Kier alpha value is -3.78. The predicted octanol–water partition coefficient (Wildman–Crippen LogP) is 8.92. The smallest absolute Gasteiger partial charge is 0.127 e. The molecule has 0 aliphatic heterocycles. The van der Waals surface area contributed by atoms with Gasteiger partial charge in [-0.2, -0.15) is 0 Å². The lowest BCUT2D eigenvalue weighted by molar-refractivity contribution is 0.282. The van der Waals surface area contributed by atoms with Crippen molar-refractivity contribution in [3.05, 3.63) is 166 Å². The van der Waals surface area contributed by atoms with Crippen LogP contribution in [-0.2, 0) is 26.1 Å². The van der Waals surface area contributed by atoms with Gasteiger partial charge in [0.1, 0.15) is 18.2 Å². The minimum absolute atomic E-state index is 0.168. The summed E-state index contributed by atoms with van der Waals surface area (Å²) >= 11 is 0. The second-order valence-corrected chi connectivity index (χ2v) is 12.2. The number of aliphatic hydroxyl groups excluding tert-OH is 1. The van der Waals surface area contributed by atoms with Crippen molar-refractivity contribution in [3.8, 4) is 5.75 Å². The second-order valence-electron chi connectivity index (χ2n) is 10.7. The largest absolute Gasteiger partial charge is 0.488 e. The van der Waals surface area contributed by atoms with Crippen molar-refractivity contribution in [3.63, 3.8) is 0 Å². The molecule has 0 aliphatic carbocycles. The third-order valence-electron chi connectivity index (χ3n) is 7.49. The third kappa shape index (κ3) is 7.94. The van der Waals surface area contributed by atoms with E-state index in [2.05, 4.69) is 85.8 Å². The highest BCUT2D eigenvalue weighted by Gasteiger charge is 2.23. The van der Waals surface area contributed by atoms with E-state index in [9.17, 15) is 9.50 Å². The molecule has 5 rings (SSSR count). The van der Waals surface area contributed by atoms with Crippen LogP contribution in [0, 0.1) is 5.82 Å². The fourth-order valence-corrected chi connectivity index (χ4v) is 7.14. The van der Waals surface area contributed by atoms with Crippen LogP contribution in [0.25, 0.3) is 0 Å². The Balaban J connectivity index is 1.63. The van der Waals surface area contributed by atoms with Crippen LogP contribution in [0.3, 0.4) is 0 Å². The van der Waals surface area contributed by atoms with Crippen LogP contribution in [-0.4, -0.2) is 5.11 Å². The first kappa shape index (κ1) is 29.7. The molecule has 42 heavy (non-hydrogen) atoms. The van der Waals surface area contributed by atoms with E-state index in [-0.39, 0.29) is 18.1 Å². The average molecular weight is 577 g/mol. The molecule has 0 bridgehead atoms. The summed E-state index contributed by atoms with van der Waals surface area (Å²) in [5, 5.41) is 11.1. The maximum absolute atomic E-state index is 14.1. The van der Waals surface area contributed by atoms with Crippen LogP contribution in [0.4, 0.5) is 4.39 Å². The van der Waals surface area contributed by atoms with Crippen molar-refractivity contribution >= 4 is 13.9 Å². The summed E-state index contributed by atoms with van der Waals surface area (Å²) in [7, 11) is 0.371. The first-order chi connectivity index (χ1) is 20.6. The van der Waals surface area contributed by atoms with Gasteiger partial charge in [0.15, 0.2) is 0 Å². The lowest BCUT2D eigenvalue weighted by atomic mass is 9.93. The van der Waals surface area contributed by atoms with Crippen molar-refractivity contribution in [1.82, 2.24) is 0 Å². The van der Waals surface area contributed by atoms with Gasteiger partial charge in [-0.15, -0.1) is 0 Å². The molecule has 0 heterocycles. The highest BCUT2D eigenvalue weighted by molar-refractivity contribution is 7.47. The number of aliphatic hydroxyl groups is 1. The van der Waals surface area contributed by atoms with Crippen molar-refractivity contribution in [2.45, 2.75) is 51.5 Å². The van der Waals surface area contributed by atoms with E-state index in [1.807, 2.05) is 30.3 Å². The van der Waals surface area contributed by atoms with Crippen LogP contribution in [0.5, 0.6) is 5.75 Å². The molecular weight excluding hydrogens is 538 g/mol. The lowest BCUT2D eigenvalue weighted by Crippen LogP contribution is -2.11. The van der Waals surface area contributed by atoms with Crippen molar-refractivity contribution in [2.24, 2.45) is 0 Å². The van der Waals surface area contributed by atoms with Crippen LogP contribution >= 0.6 is 8.58 Å². The summed E-state index contributed by atoms with van der Waals surface area (Å²) in [6.07, 6.45) is 3.56. The molecule has 0 fully saturated rings. The highest BCUT2D eigenvalue weighted by atomic mass is 31.1. The van der Waals surface area contributed by atoms with Crippen LogP contribution in [0.2, 0.25) is 0 Å². The average Bonchev–Trinajstić information content (AvgIpc) is 3.02. The molecule has 214 valence electrons. The first-order valence-electron chi connectivity index (χ1n) is 14.7. The van der Waals surface area contributed by atoms with Gasteiger partial charge in [0.25, 0.3) is 0 Å². The molecular formula is C38H38FO2P. The molecule has 0 amide bonds. The quantitative estimate of drug-likeness (QED) is 0.142. The van der Waals surface area contributed by atoms with Gasteiger partial charge in [0.2, 0.25) is 0 Å². The molecule has 2 nitrogen and oxygen atoms in total. The number of rotatable bonds is 13. The highest BCUT2D eigenvalue weighted by Crippen LogP contribution is 2.45. The Morgan fingerprint density at radius 3 is 1.93 bits per heavy atom. The monoisotopic (exact) mass is 576 g/mol. The van der Waals surface area contributed by atoms with E-state index >= 15 is 0 Å². The Bertz CT molecular complexity index is 1560. The molecule has 1 N–H and O–H groups in total. The molecule has 0 saturated heterocycles. The topological polar surface area (TPSA) is 29.5 Å². The molecule has 5 aromatic carbocycles. The fourth-order valence-electron chi connectivity index (χ4n) is 5.44. The summed E-state index contributed by atoms with van der Waals surface area (Å²) in [6.45, 7) is 2.51. The van der Waals surface area contributed by atoms with Gasteiger partial charge >= 0.3 is 0 Å². The second kappa shape index (κ2) is 14.9. The lowest BCUT2D eigenvalue weighted by Gasteiger charge is -2.25. The molecule has 5 aromatic rings. The first-order valence-corrected chi connectivity index (χ1v) is 15.8. The molecule has 0 saturated carbocycles. The summed E-state index contributed by atoms with van der Waals surface area (Å²) in [4.78, 5) is 0. The van der Waals surface area contributed by atoms with E-state index in [1.165, 1.54) is 39.9 Å². The van der Waals surface area contributed by atoms with E-state index in [4.69, 9.17) is 4.74 Å². The Kier molecular flexibility index (Phi) is 10.5. The third-order valence-corrected chi connectivity index (χ3v) is 9.24. The van der Waals surface area contributed by atoms with Gasteiger partial charge in [0.05, 0.1) is 6.61 Å². The fraction of sp³-hybridized carbons (Fsp3) is 0.211. The standard InChI is InChI=1S/C38H38FO2P/c1-2-12-37(42-36-20-19-34(39)25-33(36)26-40)35-24-31(21-28-13-6-3-7-14-28)23-32(22-29-15-8-4-9-16-29)38(35)41-27-30-17-10-5-11-18-30/h3-11,13-20,23-25,37,40,42H,2,12,21-22,26-27H2,1H3. The van der Waals surface area contributed by atoms with Crippen LogP contribution in [0.15, 0.2) is 121 Å². The van der Waals surface area contributed by atoms with Crippen molar-refractivity contribution in [1.29, 1.82) is 0 Å².